The Bertz CT molecular complexity index is 584. The van der Waals surface area contributed by atoms with Crippen LogP contribution in [0.3, 0.4) is 0 Å². The number of rotatable bonds is 2. The molecule has 2 rings (SSSR count). The summed E-state index contributed by atoms with van der Waals surface area (Å²) in [6.45, 7) is 5.34. The highest BCUT2D eigenvalue weighted by Gasteiger charge is 2.11. The van der Waals surface area contributed by atoms with Crippen molar-refractivity contribution < 1.29 is 4.79 Å². The third-order valence-corrected chi connectivity index (χ3v) is 2.55. The number of ketones is 1. The molecular weight excluding hydrogens is 198 g/mol. The number of anilines is 1. The van der Waals surface area contributed by atoms with Crippen molar-refractivity contribution in [2.24, 2.45) is 0 Å². The van der Waals surface area contributed by atoms with E-state index in [9.17, 15) is 4.79 Å². The smallest absolute Gasteiger partial charge is 0.190 e. The highest BCUT2D eigenvalue weighted by atomic mass is 16.1. The van der Waals surface area contributed by atoms with Gasteiger partial charge in [0.2, 0.25) is 0 Å². The van der Waals surface area contributed by atoms with Crippen LogP contribution >= 0.6 is 0 Å². The van der Waals surface area contributed by atoms with E-state index in [2.05, 4.69) is 6.58 Å². The Balaban J connectivity index is 2.67. The van der Waals surface area contributed by atoms with Crippen LogP contribution in [-0.4, -0.2) is 5.78 Å². The summed E-state index contributed by atoms with van der Waals surface area (Å²) in [5.74, 6) is -0.0942. The largest absolute Gasteiger partial charge is 0.398 e. The van der Waals surface area contributed by atoms with Gasteiger partial charge in [-0.3, -0.25) is 4.79 Å². The van der Waals surface area contributed by atoms with Gasteiger partial charge in [-0.05, 0) is 35.4 Å². The van der Waals surface area contributed by atoms with Crippen molar-refractivity contribution in [3.63, 3.8) is 0 Å². The topological polar surface area (TPSA) is 43.1 Å². The molecule has 2 heteroatoms. The SMILES string of the molecule is C=C(C)C(=O)c1cc2ccccc2cc1N. The molecule has 0 fully saturated rings. The molecule has 0 bridgehead atoms. The highest BCUT2D eigenvalue weighted by molar-refractivity contribution is 6.13. The fourth-order valence-electron chi connectivity index (χ4n) is 1.68. The quantitative estimate of drug-likeness (QED) is 0.471. The van der Waals surface area contributed by atoms with Crippen molar-refractivity contribution in [2.45, 2.75) is 6.92 Å². The summed E-state index contributed by atoms with van der Waals surface area (Å²) >= 11 is 0. The molecule has 0 aliphatic rings. The molecule has 0 amide bonds. The number of benzene rings is 2. The average molecular weight is 211 g/mol. The second-order valence-corrected chi connectivity index (χ2v) is 3.90. The first-order valence-electron chi connectivity index (χ1n) is 5.08. The maximum atomic E-state index is 11.8. The number of carbonyl (C=O) groups excluding carboxylic acids is 1. The van der Waals surface area contributed by atoms with Gasteiger partial charge in [-0.15, -0.1) is 0 Å². The summed E-state index contributed by atoms with van der Waals surface area (Å²) in [4.78, 5) is 11.8. The summed E-state index contributed by atoms with van der Waals surface area (Å²) in [5, 5.41) is 2.06. The van der Waals surface area contributed by atoms with E-state index in [0.717, 1.165) is 10.8 Å². The fraction of sp³-hybridized carbons (Fsp3) is 0.0714. The Labute approximate surface area is 94.4 Å². The van der Waals surface area contributed by atoms with E-state index in [1.165, 1.54) is 0 Å². The molecule has 2 nitrogen and oxygen atoms in total. The second kappa shape index (κ2) is 3.81. The summed E-state index contributed by atoms with van der Waals surface area (Å²) < 4.78 is 0. The maximum Gasteiger partial charge on any atom is 0.190 e. The number of nitrogen functional groups attached to an aromatic ring is 1. The molecule has 0 aliphatic carbocycles. The Morgan fingerprint density at radius 1 is 1.19 bits per heavy atom. The lowest BCUT2D eigenvalue weighted by molar-refractivity contribution is 0.103. The lowest BCUT2D eigenvalue weighted by atomic mass is 9.99. The van der Waals surface area contributed by atoms with Crippen LogP contribution < -0.4 is 5.73 Å². The van der Waals surface area contributed by atoms with E-state index in [4.69, 9.17) is 5.73 Å². The number of Topliss-reactive ketones (excluding diaryl/α,β-unsaturated/α-hetero) is 1. The summed E-state index contributed by atoms with van der Waals surface area (Å²) in [7, 11) is 0. The van der Waals surface area contributed by atoms with Gasteiger partial charge in [0.25, 0.3) is 0 Å². The monoisotopic (exact) mass is 211 g/mol. The van der Waals surface area contributed by atoms with E-state index in [0.29, 0.717) is 16.8 Å². The van der Waals surface area contributed by atoms with Crippen molar-refractivity contribution in [1.82, 2.24) is 0 Å². The van der Waals surface area contributed by atoms with Crippen LogP contribution in [0, 0.1) is 0 Å². The molecule has 0 unspecified atom stereocenters. The van der Waals surface area contributed by atoms with Gasteiger partial charge in [0.15, 0.2) is 5.78 Å². The van der Waals surface area contributed by atoms with Gasteiger partial charge in [0.1, 0.15) is 0 Å². The molecule has 0 heterocycles. The standard InChI is InChI=1S/C14H13NO/c1-9(2)14(16)12-7-10-5-3-4-6-11(10)8-13(12)15/h3-8H,1,15H2,2H3. The van der Waals surface area contributed by atoms with Gasteiger partial charge in [0, 0.05) is 11.3 Å². The van der Waals surface area contributed by atoms with Crippen LogP contribution in [0.2, 0.25) is 0 Å². The van der Waals surface area contributed by atoms with Crippen molar-refractivity contribution in [2.75, 3.05) is 5.73 Å². The minimum atomic E-state index is -0.0942. The third kappa shape index (κ3) is 1.70. The molecule has 16 heavy (non-hydrogen) atoms. The van der Waals surface area contributed by atoms with Crippen LogP contribution in [-0.2, 0) is 0 Å². The van der Waals surface area contributed by atoms with Gasteiger partial charge in [-0.1, -0.05) is 30.8 Å². The fourth-order valence-corrected chi connectivity index (χ4v) is 1.68. The van der Waals surface area contributed by atoms with E-state index >= 15 is 0 Å². The van der Waals surface area contributed by atoms with Crippen molar-refractivity contribution in [3.05, 3.63) is 54.1 Å². The first kappa shape index (κ1) is 10.4. The van der Waals surface area contributed by atoms with Crippen LogP contribution in [0.25, 0.3) is 10.8 Å². The number of hydrogen-bond donors (Lipinski definition) is 1. The molecule has 2 N–H and O–H groups in total. The highest BCUT2D eigenvalue weighted by Crippen LogP contribution is 2.23. The third-order valence-electron chi connectivity index (χ3n) is 2.55. The lowest BCUT2D eigenvalue weighted by Gasteiger charge is -2.06. The van der Waals surface area contributed by atoms with Crippen LogP contribution in [0.5, 0.6) is 0 Å². The van der Waals surface area contributed by atoms with Gasteiger partial charge in [0.05, 0.1) is 0 Å². The predicted octanol–water partition coefficient (Wildman–Crippen LogP) is 3.18. The van der Waals surface area contributed by atoms with Crippen LogP contribution in [0.4, 0.5) is 5.69 Å². The number of allylic oxidation sites excluding steroid dienone is 1. The van der Waals surface area contributed by atoms with Gasteiger partial charge >= 0.3 is 0 Å². The zero-order chi connectivity index (χ0) is 11.7. The Hall–Kier alpha value is -2.09. The second-order valence-electron chi connectivity index (χ2n) is 3.90. The van der Waals surface area contributed by atoms with Gasteiger partial charge in [-0.2, -0.15) is 0 Å². The summed E-state index contributed by atoms with van der Waals surface area (Å²) in [6, 6.07) is 11.5. The number of nitrogens with two attached hydrogens (primary N) is 1. The molecule has 80 valence electrons. The molecule has 2 aromatic rings. The first-order chi connectivity index (χ1) is 7.59. The average Bonchev–Trinajstić information content (AvgIpc) is 2.27. The predicted molar refractivity (Wildman–Crippen MR) is 67.5 cm³/mol. The molecule has 0 radical (unpaired) electrons. The zero-order valence-electron chi connectivity index (χ0n) is 9.16. The Morgan fingerprint density at radius 2 is 1.75 bits per heavy atom. The maximum absolute atomic E-state index is 11.8. The molecule has 0 atom stereocenters. The molecule has 0 aliphatic heterocycles. The molecule has 0 aromatic heterocycles. The van der Waals surface area contributed by atoms with Crippen molar-refractivity contribution in [1.29, 1.82) is 0 Å². The zero-order valence-corrected chi connectivity index (χ0v) is 9.16. The Morgan fingerprint density at radius 3 is 2.31 bits per heavy atom. The van der Waals surface area contributed by atoms with Crippen molar-refractivity contribution >= 4 is 22.2 Å². The van der Waals surface area contributed by atoms with Crippen LogP contribution in [0.15, 0.2) is 48.6 Å². The number of fused-ring (bicyclic) bond motifs is 1. The lowest BCUT2D eigenvalue weighted by Crippen LogP contribution is -2.04. The molecule has 0 saturated heterocycles. The van der Waals surface area contributed by atoms with E-state index < -0.39 is 0 Å². The first-order valence-corrected chi connectivity index (χ1v) is 5.08. The van der Waals surface area contributed by atoms with Gasteiger partial charge < -0.3 is 5.73 Å². The van der Waals surface area contributed by atoms with E-state index in [1.54, 1.807) is 6.92 Å². The summed E-state index contributed by atoms with van der Waals surface area (Å²) in [5.41, 5.74) is 7.40. The summed E-state index contributed by atoms with van der Waals surface area (Å²) in [6.07, 6.45) is 0. The normalized spacial score (nSPS) is 10.3. The van der Waals surface area contributed by atoms with Crippen LogP contribution in [0.1, 0.15) is 17.3 Å². The molecule has 0 spiro atoms. The molecular formula is C14H13NO. The molecule has 0 saturated carbocycles. The Kier molecular flexibility index (Phi) is 2.49. The van der Waals surface area contributed by atoms with E-state index in [1.807, 2.05) is 36.4 Å². The minimum Gasteiger partial charge on any atom is -0.398 e. The van der Waals surface area contributed by atoms with Gasteiger partial charge in [-0.25, -0.2) is 0 Å². The van der Waals surface area contributed by atoms with E-state index in [-0.39, 0.29) is 5.78 Å². The number of hydrogen-bond acceptors (Lipinski definition) is 2. The molecule has 2 aromatic carbocycles. The van der Waals surface area contributed by atoms with Crippen molar-refractivity contribution in [3.8, 4) is 0 Å². The minimum absolute atomic E-state index is 0.0942. The number of carbonyl (C=O) groups is 1.